The average molecular weight is 417 g/mol. The number of nitrogens with one attached hydrogen (secondary N) is 2. The van der Waals surface area contributed by atoms with Crippen LogP contribution < -0.4 is 14.8 Å². The number of aryl methyl sites for hydroxylation is 2. The zero-order chi connectivity index (χ0) is 21.3. The van der Waals surface area contributed by atoms with Crippen LogP contribution in [0.1, 0.15) is 41.8 Å². The maximum atomic E-state index is 10.4. The number of H-pyrrole nitrogens is 1. The molecule has 3 N–H and O–H groups in total. The molecule has 0 aliphatic carbocycles. The van der Waals surface area contributed by atoms with Crippen molar-refractivity contribution in [2.45, 2.75) is 52.2 Å². The van der Waals surface area contributed by atoms with Gasteiger partial charge in [0.05, 0.1) is 12.8 Å². The number of likely N-dealkylation sites (tertiary alicyclic amines) is 1. The lowest BCUT2D eigenvalue weighted by molar-refractivity contribution is 0.0608. The molecule has 2 heterocycles. The Morgan fingerprint density at radius 2 is 2.00 bits per heavy atom. The van der Waals surface area contributed by atoms with Gasteiger partial charge in [-0.2, -0.15) is 5.10 Å². The molecule has 1 aliphatic rings. The van der Waals surface area contributed by atoms with E-state index in [1.807, 2.05) is 25.1 Å². The third-order valence-electron chi connectivity index (χ3n) is 5.74. The van der Waals surface area contributed by atoms with Crippen LogP contribution in [0.25, 0.3) is 0 Å². The van der Waals surface area contributed by atoms with E-state index in [1.54, 1.807) is 7.11 Å². The van der Waals surface area contributed by atoms with Crippen molar-refractivity contribution >= 4 is 0 Å². The van der Waals surface area contributed by atoms with Gasteiger partial charge in [0, 0.05) is 18.8 Å². The molecule has 0 amide bonds. The Balaban J connectivity index is 1.47. The molecule has 1 saturated heterocycles. The summed E-state index contributed by atoms with van der Waals surface area (Å²) in [6.45, 7) is 8.77. The van der Waals surface area contributed by atoms with E-state index < -0.39 is 6.10 Å². The first-order valence-electron chi connectivity index (χ1n) is 11.0. The van der Waals surface area contributed by atoms with E-state index in [4.69, 9.17) is 9.47 Å². The number of aliphatic hydroxyl groups is 1. The van der Waals surface area contributed by atoms with E-state index in [9.17, 15) is 5.11 Å². The molecule has 0 bridgehead atoms. The SMILES string of the molecule is COc1ccc(CNCCc2c(C)n[nH]c2C)cc1OC[C@H](O)CN1CCCCC1. The lowest BCUT2D eigenvalue weighted by Crippen LogP contribution is -2.38. The third kappa shape index (κ3) is 6.45. The minimum Gasteiger partial charge on any atom is -0.493 e. The van der Waals surface area contributed by atoms with Crippen molar-refractivity contribution in [2.75, 3.05) is 39.9 Å². The van der Waals surface area contributed by atoms with Crippen molar-refractivity contribution in [1.29, 1.82) is 0 Å². The molecule has 166 valence electrons. The minimum atomic E-state index is -0.504. The zero-order valence-electron chi connectivity index (χ0n) is 18.5. The molecule has 1 fully saturated rings. The van der Waals surface area contributed by atoms with Gasteiger partial charge in [0.2, 0.25) is 0 Å². The fourth-order valence-corrected chi connectivity index (χ4v) is 4.01. The van der Waals surface area contributed by atoms with Crippen molar-refractivity contribution in [3.63, 3.8) is 0 Å². The predicted molar refractivity (Wildman–Crippen MR) is 118 cm³/mol. The summed E-state index contributed by atoms with van der Waals surface area (Å²) in [5.41, 5.74) is 4.61. The van der Waals surface area contributed by atoms with Crippen molar-refractivity contribution in [2.24, 2.45) is 0 Å². The number of ether oxygens (including phenoxy) is 2. The van der Waals surface area contributed by atoms with Crippen LogP contribution in [0.5, 0.6) is 11.5 Å². The molecule has 0 saturated carbocycles. The van der Waals surface area contributed by atoms with Crippen LogP contribution in [0.15, 0.2) is 18.2 Å². The Hall–Kier alpha value is -2.09. The number of hydrogen-bond acceptors (Lipinski definition) is 6. The fourth-order valence-electron chi connectivity index (χ4n) is 4.01. The summed E-state index contributed by atoms with van der Waals surface area (Å²) in [7, 11) is 1.64. The molecule has 1 aliphatic heterocycles. The second kappa shape index (κ2) is 11.3. The second-order valence-electron chi connectivity index (χ2n) is 8.15. The number of rotatable bonds is 11. The van der Waals surface area contributed by atoms with Crippen molar-refractivity contribution in [1.82, 2.24) is 20.4 Å². The number of nitrogens with zero attached hydrogens (tertiary/aromatic N) is 2. The first-order chi connectivity index (χ1) is 14.6. The van der Waals surface area contributed by atoms with E-state index in [2.05, 4.69) is 27.3 Å². The molecule has 7 heteroatoms. The molecular formula is C23H36N4O3. The summed E-state index contributed by atoms with van der Waals surface area (Å²) in [4.78, 5) is 2.32. The average Bonchev–Trinajstić information content (AvgIpc) is 3.08. The Labute approximate surface area is 179 Å². The Kier molecular flexibility index (Phi) is 8.54. The second-order valence-corrected chi connectivity index (χ2v) is 8.15. The van der Waals surface area contributed by atoms with Gasteiger partial charge in [-0.05, 0) is 76.0 Å². The van der Waals surface area contributed by atoms with Gasteiger partial charge < -0.3 is 24.8 Å². The van der Waals surface area contributed by atoms with E-state index in [0.717, 1.165) is 49.6 Å². The van der Waals surface area contributed by atoms with E-state index in [-0.39, 0.29) is 6.61 Å². The molecular weight excluding hydrogens is 380 g/mol. The van der Waals surface area contributed by atoms with Gasteiger partial charge in [-0.15, -0.1) is 0 Å². The van der Waals surface area contributed by atoms with Crippen molar-refractivity contribution in [3.05, 3.63) is 40.7 Å². The summed E-state index contributed by atoms with van der Waals surface area (Å²) in [5, 5.41) is 21.1. The van der Waals surface area contributed by atoms with Crippen LogP contribution in [-0.2, 0) is 13.0 Å². The maximum absolute atomic E-state index is 10.4. The van der Waals surface area contributed by atoms with Crippen LogP contribution in [0, 0.1) is 13.8 Å². The number of piperidine rings is 1. The Morgan fingerprint density at radius 3 is 2.70 bits per heavy atom. The smallest absolute Gasteiger partial charge is 0.161 e. The Bertz CT molecular complexity index is 767. The lowest BCUT2D eigenvalue weighted by Gasteiger charge is -2.28. The largest absolute Gasteiger partial charge is 0.493 e. The molecule has 0 spiro atoms. The highest BCUT2D eigenvalue weighted by Crippen LogP contribution is 2.28. The highest BCUT2D eigenvalue weighted by Gasteiger charge is 2.16. The van der Waals surface area contributed by atoms with E-state index in [1.165, 1.54) is 24.8 Å². The van der Waals surface area contributed by atoms with Gasteiger partial charge in [-0.25, -0.2) is 0 Å². The summed E-state index contributed by atoms with van der Waals surface area (Å²) in [6.07, 6.45) is 4.17. The fraction of sp³-hybridized carbons (Fsp3) is 0.609. The number of aromatic nitrogens is 2. The Morgan fingerprint density at radius 1 is 1.20 bits per heavy atom. The number of β-amino-alcohol motifs (C(OH)–C–C–N with tert-alkyl or cyclic N) is 1. The first kappa shape index (κ1) is 22.6. The topological polar surface area (TPSA) is 82.6 Å². The number of benzene rings is 1. The van der Waals surface area contributed by atoms with Crippen molar-refractivity contribution in [3.8, 4) is 11.5 Å². The standard InChI is InChI=1S/C23H36N4O3/c1-17-21(18(2)26-25-17)9-10-24-14-19-7-8-22(29-3)23(13-19)30-16-20(28)15-27-11-5-4-6-12-27/h7-8,13,20,24,28H,4-6,9-12,14-16H2,1-3H3,(H,25,26)/t20-/m1/s1. The summed E-state index contributed by atoms with van der Waals surface area (Å²) in [5.74, 6) is 1.37. The van der Waals surface area contributed by atoms with Gasteiger partial charge >= 0.3 is 0 Å². The summed E-state index contributed by atoms with van der Waals surface area (Å²) in [6, 6.07) is 5.96. The van der Waals surface area contributed by atoms with Gasteiger partial charge in [0.25, 0.3) is 0 Å². The zero-order valence-corrected chi connectivity index (χ0v) is 18.5. The van der Waals surface area contributed by atoms with Crippen molar-refractivity contribution < 1.29 is 14.6 Å². The van der Waals surface area contributed by atoms with Crippen LogP contribution in [0.2, 0.25) is 0 Å². The van der Waals surface area contributed by atoms with E-state index in [0.29, 0.717) is 18.0 Å². The van der Waals surface area contributed by atoms with Crippen LogP contribution >= 0.6 is 0 Å². The molecule has 7 nitrogen and oxygen atoms in total. The first-order valence-corrected chi connectivity index (χ1v) is 11.0. The summed E-state index contributed by atoms with van der Waals surface area (Å²) < 4.78 is 11.4. The quantitative estimate of drug-likeness (QED) is 0.489. The number of methoxy groups -OCH3 is 1. The number of aliphatic hydroxyl groups excluding tert-OH is 1. The molecule has 2 aromatic rings. The third-order valence-corrected chi connectivity index (χ3v) is 5.74. The van der Waals surface area contributed by atoms with Crippen LogP contribution in [0.4, 0.5) is 0 Å². The maximum Gasteiger partial charge on any atom is 0.161 e. The molecule has 1 atom stereocenters. The van der Waals surface area contributed by atoms with Gasteiger partial charge in [-0.3, -0.25) is 5.10 Å². The molecule has 30 heavy (non-hydrogen) atoms. The van der Waals surface area contributed by atoms with Gasteiger partial charge in [-0.1, -0.05) is 12.5 Å². The number of hydrogen-bond donors (Lipinski definition) is 3. The normalized spacial score (nSPS) is 15.9. The monoisotopic (exact) mass is 416 g/mol. The highest BCUT2D eigenvalue weighted by molar-refractivity contribution is 5.43. The van der Waals surface area contributed by atoms with Gasteiger partial charge in [0.1, 0.15) is 12.7 Å². The highest BCUT2D eigenvalue weighted by atomic mass is 16.5. The predicted octanol–water partition coefficient (Wildman–Crippen LogP) is 2.59. The number of aromatic amines is 1. The summed E-state index contributed by atoms with van der Waals surface area (Å²) >= 11 is 0. The van der Waals surface area contributed by atoms with Gasteiger partial charge in [0.15, 0.2) is 11.5 Å². The molecule has 0 unspecified atom stereocenters. The van der Waals surface area contributed by atoms with Crippen LogP contribution in [0.3, 0.4) is 0 Å². The molecule has 0 radical (unpaired) electrons. The van der Waals surface area contributed by atoms with Crippen LogP contribution in [-0.4, -0.2) is 66.2 Å². The molecule has 1 aromatic carbocycles. The molecule has 3 rings (SSSR count). The molecule has 1 aromatic heterocycles. The van der Waals surface area contributed by atoms with E-state index >= 15 is 0 Å². The minimum absolute atomic E-state index is 0.267. The lowest BCUT2D eigenvalue weighted by atomic mass is 10.1.